The Kier molecular flexibility index (Phi) is 5.20. The SMILES string of the molecule is CC.COc1cc(NO)ccc1-n1cnc(C)c1. The zero-order chi connectivity index (χ0) is 13.5. The molecule has 18 heavy (non-hydrogen) atoms. The monoisotopic (exact) mass is 249 g/mol. The average Bonchev–Trinajstić information content (AvgIpc) is 2.86. The van der Waals surface area contributed by atoms with Crippen LogP contribution in [-0.4, -0.2) is 21.9 Å². The Morgan fingerprint density at radius 2 is 2.06 bits per heavy atom. The molecule has 0 amide bonds. The van der Waals surface area contributed by atoms with Crippen LogP contribution < -0.4 is 10.2 Å². The predicted molar refractivity (Wildman–Crippen MR) is 71.6 cm³/mol. The van der Waals surface area contributed by atoms with E-state index in [1.165, 1.54) is 0 Å². The van der Waals surface area contributed by atoms with Crippen LogP contribution in [0.5, 0.6) is 5.75 Å². The number of nitrogens with one attached hydrogen (secondary N) is 1. The van der Waals surface area contributed by atoms with Gasteiger partial charge in [-0.3, -0.25) is 10.7 Å². The lowest BCUT2D eigenvalue weighted by Gasteiger charge is -2.10. The van der Waals surface area contributed by atoms with E-state index in [2.05, 4.69) is 10.5 Å². The summed E-state index contributed by atoms with van der Waals surface area (Å²) in [5, 5.41) is 8.80. The molecule has 0 unspecified atom stereocenters. The van der Waals surface area contributed by atoms with E-state index >= 15 is 0 Å². The molecule has 0 atom stereocenters. The number of nitrogens with zero attached hydrogens (tertiary/aromatic N) is 2. The van der Waals surface area contributed by atoms with Crippen LogP contribution in [0.25, 0.3) is 5.69 Å². The van der Waals surface area contributed by atoms with Crippen molar-refractivity contribution in [2.24, 2.45) is 0 Å². The molecular weight excluding hydrogens is 230 g/mol. The highest BCUT2D eigenvalue weighted by Crippen LogP contribution is 2.26. The fourth-order valence-electron chi connectivity index (χ4n) is 1.51. The van der Waals surface area contributed by atoms with Crippen LogP contribution in [0.1, 0.15) is 19.5 Å². The molecule has 0 saturated heterocycles. The first kappa shape index (κ1) is 14.1. The van der Waals surface area contributed by atoms with Crippen molar-refractivity contribution in [2.75, 3.05) is 12.6 Å². The first-order valence-corrected chi connectivity index (χ1v) is 5.83. The number of imidazole rings is 1. The van der Waals surface area contributed by atoms with Gasteiger partial charge >= 0.3 is 0 Å². The highest BCUT2D eigenvalue weighted by Gasteiger charge is 2.06. The second-order valence-corrected chi connectivity index (χ2v) is 3.42. The number of methoxy groups -OCH3 is 1. The Labute approximate surface area is 107 Å². The number of ether oxygens (including phenoxy) is 1. The van der Waals surface area contributed by atoms with Gasteiger partial charge in [-0.2, -0.15) is 0 Å². The van der Waals surface area contributed by atoms with E-state index in [0.717, 1.165) is 11.4 Å². The van der Waals surface area contributed by atoms with E-state index in [4.69, 9.17) is 9.94 Å². The molecule has 0 spiro atoms. The zero-order valence-corrected chi connectivity index (χ0v) is 11.1. The Morgan fingerprint density at radius 3 is 2.56 bits per heavy atom. The van der Waals surface area contributed by atoms with Crippen molar-refractivity contribution < 1.29 is 9.94 Å². The molecule has 2 rings (SSSR count). The minimum absolute atomic E-state index is 0.581. The molecule has 0 saturated carbocycles. The van der Waals surface area contributed by atoms with Crippen LogP contribution in [0.4, 0.5) is 5.69 Å². The fourth-order valence-corrected chi connectivity index (χ4v) is 1.51. The van der Waals surface area contributed by atoms with Crippen LogP contribution in [0.2, 0.25) is 0 Å². The lowest BCUT2D eigenvalue weighted by atomic mass is 10.2. The van der Waals surface area contributed by atoms with Crippen molar-refractivity contribution in [2.45, 2.75) is 20.8 Å². The molecule has 0 aliphatic rings. The van der Waals surface area contributed by atoms with E-state index in [1.807, 2.05) is 37.6 Å². The number of anilines is 1. The molecule has 0 bridgehead atoms. The van der Waals surface area contributed by atoms with Crippen molar-refractivity contribution in [3.05, 3.63) is 36.4 Å². The van der Waals surface area contributed by atoms with Crippen LogP contribution in [0.15, 0.2) is 30.7 Å². The third kappa shape index (κ3) is 3.01. The van der Waals surface area contributed by atoms with Crippen molar-refractivity contribution in [3.63, 3.8) is 0 Å². The predicted octanol–water partition coefficient (Wildman–Crippen LogP) is 3.02. The highest BCUT2D eigenvalue weighted by atomic mass is 16.5. The van der Waals surface area contributed by atoms with E-state index in [-0.39, 0.29) is 0 Å². The molecule has 98 valence electrons. The molecule has 2 N–H and O–H groups in total. The number of hydrogen-bond donors (Lipinski definition) is 2. The summed E-state index contributed by atoms with van der Waals surface area (Å²) in [6.45, 7) is 5.92. The van der Waals surface area contributed by atoms with Gasteiger partial charge in [-0.1, -0.05) is 13.8 Å². The molecule has 0 aliphatic carbocycles. The molecule has 1 heterocycles. The normalized spacial score (nSPS) is 9.39. The molecule has 5 heteroatoms. The van der Waals surface area contributed by atoms with Crippen molar-refractivity contribution >= 4 is 5.69 Å². The molecule has 5 nitrogen and oxygen atoms in total. The first-order chi connectivity index (χ1) is 8.74. The van der Waals surface area contributed by atoms with Crippen LogP contribution in [-0.2, 0) is 0 Å². The summed E-state index contributed by atoms with van der Waals surface area (Å²) in [5.41, 5.74) is 4.48. The minimum atomic E-state index is 0.581. The number of benzene rings is 1. The van der Waals surface area contributed by atoms with Gasteiger partial charge in [0.1, 0.15) is 5.75 Å². The number of rotatable bonds is 3. The molecular formula is C13H19N3O2. The van der Waals surface area contributed by atoms with Crippen LogP contribution in [0.3, 0.4) is 0 Å². The largest absolute Gasteiger partial charge is 0.494 e. The maximum atomic E-state index is 8.80. The first-order valence-electron chi connectivity index (χ1n) is 5.83. The summed E-state index contributed by atoms with van der Waals surface area (Å²) in [6, 6.07) is 5.32. The van der Waals surface area contributed by atoms with Gasteiger partial charge in [0.15, 0.2) is 0 Å². The van der Waals surface area contributed by atoms with Gasteiger partial charge in [0.25, 0.3) is 0 Å². The second kappa shape index (κ2) is 6.66. The summed E-state index contributed by atoms with van der Waals surface area (Å²) < 4.78 is 7.12. The Balaban J connectivity index is 0.000000771. The topological polar surface area (TPSA) is 59.3 Å². The number of hydrogen-bond acceptors (Lipinski definition) is 4. The van der Waals surface area contributed by atoms with Crippen molar-refractivity contribution in [1.82, 2.24) is 9.55 Å². The summed E-state index contributed by atoms with van der Waals surface area (Å²) in [5.74, 6) is 0.663. The van der Waals surface area contributed by atoms with E-state index in [9.17, 15) is 0 Å². The molecule has 0 fully saturated rings. The Hall–Kier alpha value is -2.01. The highest BCUT2D eigenvalue weighted by molar-refractivity contribution is 5.57. The smallest absolute Gasteiger partial charge is 0.145 e. The summed E-state index contributed by atoms with van der Waals surface area (Å²) in [4.78, 5) is 4.15. The zero-order valence-electron chi connectivity index (χ0n) is 11.1. The number of aromatic nitrogens is 2. The van der Waals surface area contributed by atoms with Gasteiger partial charge in [0.05, 0.1) is 30.5 Å². The Bertz CT molecular complexity index is 495. The molecule has 1 aromatic heterocycles. The fraction of sp³-hybridized carbons (Fsp3) is 0.308. The summed E-state index contributed by atoms with van der Waals surface area (Å²) in [6.07, 6.45) is 3.63. The Morgan fingerprint density at radius 1 is 1.33 bits per heavy atom. The van der Waals surface area contributed by atoms with Crippen molar-refractivity contribution in [1.29, 1.82) is 0 Å². The van der Waals surface area contributed by atoms with Gasteiger partial charge in [-0.15, -0.1) is 0 Å². The summed E-state index contributed by atoms with van der Waals surface area (Å²) in [7, 11) is 1.59. The molecule has 2 aromatic rings. The van der Waals surface area contributed by atoms with Gasteiger partial charge in [-0.05, 0) is 19.1 Å². The lowest BCUT2D eigenvalue weighted by Crippen LogP contribution is -1.97. The molecule has 0 aliphatic heterocycles. The van der Waals surface area contributed by atoms with Crippen LogP contribution >= 0.6 is 0 Å². The third-order valence-corrected chi connectivity index (χ3v) is 2.30. The maximum absolute atomic E-state index is 8.80. The standard InChI is InChI=1S/C11H13N3O2.C2H6/c1-8-6-14(7-12-8)10-4-3-9(13-15)5-11(10)16-2;1-2/h3-7,13,15H,1-2H3;1-2H3. The lowest BCUT2D eigenvalue weighted by molar-refractivity contribution is 0.386. The average molecular weight is 249 g/mol. The second-order valence-electron chi connectivity index (χ2n) is 3.42. The van der Waals surface area contributed by atoms with Gasteiger partial charge in [-0.25, -0.2) is 4.98 Å². The summed E-state index contributed by atoms with van der Waals surface area (Å²) >= 11 is 0. The van der Waals surface area contributed by atoms with E-state index in [1.54, 1.807) is 25.6 Å². The van der Waals surface area contributed by atoms with Gasteiger partial charge < -0.3 is 9.30 Å². The van der Waals surface area contributed by atoms with Crippen molar-refractivity contribution in [3.8, 4) is 11.4 Å². The molecule has 0 radical (unpaired) electrons. The van der Waals surface area contributed by atoms with Gasteiger partial charge in [0, 0.05) is 12.3 Å². The van der Waals surface area contributed by atoms with E-state index < -0.39 is 0 Å². The minimum Gasteiger partial charge on any atom is -0.494 e. The van der Waals surface area contributed by atoms with Gasteiger partial charge in [0.2, 0.25) is 0 Å². The van der Waals surface area contributed by atoms with Crippen LogP contribution in [0, 0.1) is 6.92 Å². The maximum Gasteiger partial charge on any atom is 0.145 e. The quantitative estimate of drug-likeness (QED) is 0.821. The number of aryl methyl sites for hydroxylation is 1. The molecule has 1 aromatic carbocycles. The third-order valence-electron chi connectivity index (χ3n) is 2.30. The van der Waals surface area contributed by atoms with E-state index in [0.29, 0.717) is 11.4 Å².